The van der Waals surface area contributed by atoms with Crippen molar-refractivity contribution in [2.45, 2.75) is 13.8 Å². The lowest BCUT2D eigenvalue weighted by atomic mass is 9.88. The summed E-state index contributed by atoms with van der Waals surface area (Å²) in [5, 5.41) is 4.96. The molecular formula is C25H20O2. The van der Waals surface area contributed by atoms with Crippen LogP contribution >= 0.6 is 0 Å². The van der Waals surface area contributed by atoms with Crippen LogP contribution in [0.2, 0.25) is 0 Å². The molecule has 2 nitrogen and oxygen atoms in total. The summed E-state index contributed by atoms with van der Waals surface area (Å²) in [7, 11) is 0. The lowest BCUT2D eigenvalue weighted by Crippen LogP contribution is -2.04. The van der Waals surface area contributed by atoms with Crippen LogP contribution in [-0.2, 0) is 4.79 Å². The number of carbonyl (C=O) groups excluding carboxylic acids is 1. The zero-order chi connectivity index (χ0) is 19.0. The van der Waals surface area contributed by atoms with Gasteiger partial charge in [-0.1, -0.05) is 61.2 Å². The van der Waals surface area contributed by atoms with E-state index in [0.717, 1.165) is 11.1 Å². The predicted molar refractivity (Wildman–Crippen MR) is 112 cm³/mol. The Balaban J connectivity index is 2.01. The van der Waals surface area contributed by atoms with E-state index in [1.807, 2.05) is 19.1 Å². The Hall–Kier alpha value is -3.39. The molecule has 0 unspecified atom stereocenters. The summed E-state index contributed by atoms with van der Waals surface area (Å²) in [5.74, 6) is 0.112. The van der Waals surface area contributed by atoms with E-state index in [4.69, 9.17) is 4.74 Å². The fraction of sp³-hybridized carbons (Fsp3) is 0.0800. The molecule has 0 heterocycles. The number of ether oxygens (including phenoxy) is 1. The van der Waals surface area contributed by atoms with Gasteiger partial charge in [-0.3, -0.25) is 0 Å². The molecule has 4 aromatic carbocycles. The average molecular weight is 352 g/mol. The first-order valence-corrected chi connectivity index (χ1v) is 8.95. The Morgan fingerprint density at radius 1 is 0.852 bits per heavy atom. The van der Waals surface area contributed by atoms with Crippen LogP contribution in [0.3, 0.4) is 0 Å². The first-order chi connectivity index (χ1) is 13.1. The fourth-order valence-electron chi connectivity index (χ4n) is 3.73. The second-order valence-electron chi connectivity index (χ2n) is 6.70. The van der Waals surface area contributed by atoms with Gasteiger partial charge in [0.2, 0.25) is 0 Å². The van der Waals surface area contributed by atoms with Crippen molar-refractivity contribution in [2.75, 3.05) is 0 Å². The van der Waals surface area contributed by atoms with Crippen LogP contribution in [0.4, 0.5) is 0 Å². The van der Waals surface area contributed by atoms with Crippen molar-refractivity contribution >= 4 is 27.5 Å². The van der Waals surface area contributed by atoms with E-state index in [0.29, 0.717) is 5.75 Å². The molecule has 0 spiro atoms. The van der Waals surface area contributed by atoms with Crippen LogP contribution < -0.4 is 4.74 Å². The van der Waals surface area contributed by atoms with Gasteiger partial charge < -0.3 is 4.74 Å². The third-order valence-electron chi connectivity index (χ3n) is 5.04. The Bertz CT molecular complexity index is 1140. The molecule has 4 rings (SSSR count). The molecule has 0 aliphatic carbocycles. The number of fused-ring (bicyclic) bond motifs is 2. The molecule has 0 saturated heterocycles. The summed E-state index contributed by atoms with van der Waals surface area (Å²) < 4.78 is 5.32. The molecule has 0 amide bonds. The molecule has 27 heavy (non-hydrogen) atoms. The largest absolute Gasteiger partial charge is 0.423 e. The highest BCUT2D eigenvalue weighted by molar-refractivity contribution is 6.14. The summed E-state index contributed by atoms with van der Waals surface area (Å²) in [6, 6.07) is 23.0. The second-order valence-corrected chi connectivity index (χ2v) is 6.70. The molecular weight excluding hydrogens is 332 g/mol. The second kappa shape index (κ2) is 6.73. The van der Waals surface area contributed by atoms with Crippen molar-refractivity contribution < 1.29 is 9.53 Å². The van der Waals surface area contributed by atoms with E-state index in [1.165, 1.54) is 38.7 Å². The van der Waals surface area contributed by atoms with Crippen molar-refractivity contribution in [2.24, 2.45) is 0 Å². The Kier molecular flexibility index (Phi) is 4.25. The third kappa shape index (κ3) is 2.89. The third-order valence-corrected chi connectivity index (χ3v) is 5.04. The highest BCUT2D eigenvalue weighted by Crippen LogP contribution is 2.39. The molecule has 4 aromatic rings. The summed E-state index contributed by atoms with van der Waals surface area (Å²) in [6.07, 6.45) is 1.17. The molecule has 0 atom stereocenters. The molecule has 0 aliphatic rings. The Labute approximate surface area is 158 Å². The summed E-state index contributed by atoms with van der Waals surface area (Å²) in [6.45, 7) is 7.58. The number of hydrogen-bond acceptors (Lipinski definition) is 2. The quantitative estimate of drug-likeness (QED) is 0.185. The van der Waals surface area contributed by atoms with Gasteiger partial charge in [-0.2, -0.15) is 0 Å². The first-order valence-electron chi connectivity index (χ1n) is 8.95. The van der Waals surface area contributed by atoms with E-state index in [9.17, 15) is 4.79 Å². The number of hydrogen-bond donors (Lipinski definition) is 0. The zero-order valence-electron chi connectivity index (χ0n) is 15.5. The van der Waals surface area contributed by atoms with Crippen molar-refractivity contribution in [1.82, 2.24) is 0 Å². The van der Waals surface area contributed by atoms with Gasteiger partial charge in [-0.25, -0.2) is 4.79 Å². The molecule has 0 radical (unpaired) electrons. The number of carbonyl (C=O) groups is 1. The molecule has 132 valence electrons. The molecule has 0 N–H and O–H groups in total. The number of aryl methyl sites for hydroxylation is 2. The molecule has 2 heteroatoms. The minimum Gasteiger partial charge on any atom is -0.423 e. The summed E-state index contributed by atoms with van der Waals surface area (Å²) in [4.78, 5) is 11.5. The van der Waals surface area contributed by atoms with Crippen molar-refractivity contribution in [3.8, 4) is 16.9 Å². The molecule has 0 bridgehead atoms. The maximum atomic E-state index is 11.5. The van der Waals surface area contributed by atoms with E-state index in [-0.39, 0.29) is 0 Å². The van der Waals surface area contributed by atoms with Gasteiger partial charge >= 0.3 is 5.97 Å². The van der Waals surface area contributed by atoms with Crippen LogP contribution in [0, 0.1) is 13.8 Å². The smallest absolute Gasteiger partial charge is 0.335 e. The Morgan fingerprint density at radius 2 is 1.41 bits per heavy atom. The van der Waals surface area contributed by atoms with Crippen LogP contribution in [-0.4, -0.2) is 5.97 Å². The molecule has 0 aromatic heterocycles. The normalized spacial score (nSPS) is 10.9. The summed E-state index contributed by atoms with van der Waals surface area (Å²) >= 11 is 0. The topological polar surface area (TPSA) is 26.3 Å². The van der Waals surface area contributed by atoms with E-state index in [2.05, 4.69) is 68.1 Å². The van der Waals surface area contributed by atoms with Gasteiger partial charge in [0.1, 0.15) is 5.75 Å². The molecule has 0 fully saturated rings. The average Bonchev–Trinajstić information content (AvgIpc) is 2.70. The number of esters is 1. The van der Waals surface area contributed by atoms with Gasteiger partial charge in [0, 0.05) is 6.08 Å². The maximum Gasteiger partial charge on any atom is 0.335 e. The van der Waals surface area contributed by atoms with Gasteiger partial charge in [0.15, 0.2) is 0 Å². The van der Waals surface area contributed by atoms with Crippen molar-refractivity contribution in [3.63, 3.8) is 0 Å². The number of rotatable bonds is 3. The number of benzene rings is 4. The zero-order valence-corrected chi connectivity index (χ0v) is 15.5. The minimum atomic E-state index is -0.447. The van der Waals surface area contributed by atoms with Crippen molar-refractivity contribution in [1.29, 1.82) is 0 Å². The standard InChI is InChI=1S/C25H20O2/c1-4-24(26)27-23-14-13-18(15-16(23)2)25-21-11-7-5-9-19(21)17(3)20-10-6-8-12-22(20)25/h4-15H,1H2,2-3H3. The predicted octanol–water partition coefficient (Wildman–Crippen LogP) is 6.37. The van der Waals surface area contributed by atoms with Gasteiger partial charge in [0.05, 0.1) is 0 Å². The fourth-order valence-corrected chi connectivity index (χ4v) is 3.73. The molecule has 0 aliphatic heterocycles. The SMILES string of the molecule is C=CC(=O)Oc1ccc(-c2c3ccccc3c(C)c3ccccc23)cc1C. The van der Waals surface area contributed by atoms with Gasteiger partial charge in [0.25, 0.3) is 0 Å². The lowest BCUT2D eigenvalue weighted by Gasteiger charge is -2.16. The lowest BCUT2D eigenvalue weighted by molar-refractivity contribution is -0.129. The van der Waals surface area contributed by atoms with Crippen LogP contribution in [0.1, 0.15) is 11.1 Å². The van der Waals surface area contributed by atoms with E-state index in [1.54, 1.807) is 0 Å². The van der Waals surface area contributed by atoms with Gasteiger partial charge in [-0.15, -0.1) is 0 Å². The van der Waals surface area contributed by atoms with E-state index >= 15 is 0 Å². The van der Waals surface area contributed by atoms with Crippen molar-refractivity contribution in [3.05, 3.63) is 90.5 Å². The first kappa shape index (κ1) is 17.0. The van der Waals surface area contributed by atoms with Crippen LogP contribution in [0.5, 0.6) is 5.75 Å². The van der Waals surface area contributed by atoms with Crippen LogP contribution in [0.15, 0.2) is 79.4 Å². The highest BCUT2D eigenvalue weighted by atomic mass is 16.5. The monoisotopic (exact) mass is 352 g/mol. The summed E-state index contributed by atoms with van der Waals surface area (Å²) in [5.41, 5.74) is 4.52. The molecule has 0 saturated carbocycles. The van der Waals surface area contributed by atoms with Gasteiger partial charge in [-0.05, 0) is 69.8 Å². The maximum absolute atomic E-state index is 11.5. The van der Waals surface area contributed by atoms with E-state index < -0.39 is 5.97 Å². The Morgan fingerprint density at radius 3 is 1.93 bits per heavy atom. The minimum absolute atomic E-state index is 0.447. The highest BCUT2D eigenvalue weighted by Gasteiger charge is 2.14. The van der Waals surface area contributed by atoms with Crippen LogP contribution in [0.25, 0.3) is 32.7 Å².